The minimum atomic E-state index is -2.27. The fraction of sp³-hybridized carbons (Fsp3) is 0.500. The van der Waals surface area contributed by atoms with Gasteiger partial charge in [-0.3, -0.25) is 4.48 Å². The third-order valence-electron chi connectivity index (χ3n) is 7.28. The van der Waals surface area contributed by atoms with Crippen molar-refractivity contribution in [2.75, 3.05) is 26.7 Å². The van der Waals surface area contributed by atoms with Crippen LogP contribution in [-0.4, -0.2) is 104 Å². The Hall–Kier alpha value is -3.52. The molecule has 3 heterocycles. The zero-order valence-corrected chi connectivity index (χ0v) is 21.8. The quantitative estimate of drug-likeness (QED) is 0.297. The van der Waals surface area contributed by atoms with Crippen molar-refractivity contribution in [3.63, 3.8) is 0 Å². The molecule has 13 heteroatoms. The number of ether oxygens (including phenoxy) is 1. The predicted molar refractivity (Wildman–Crippen MR) is 135 cm³/mol. The number of rotatable bonds is 8. The van der Waals surface area contributed by atoms with Crippen LogP contribution in [0.4, 0.5) is 4.39 Å². The second-order valence-corrected chi connectivity index (χ2v) is 9.75. The molecule has 2 aromatic rings. The average molecular weight is 550 g/mol. The summed E-state index contributed by atoms with van der Waals surface area (Å²) < 4.78 is 20.4. The van der Waals surface area contributed by atoms with Crippen molar-refractivity contribution in [1.29, 1.82) is 0 Å². The smallest absolute Gasteiger partial charge is 0.349 e. The van der Waals surface area contributed by atoms with Crippen LogP contribution >= 0.6 is 0 Å². The number of carboxylic acids is 2. The highest BCUT2D eigenvalue weighted by molar-refractivity contribution is 5.90. The summed E-state index contributed by atoms with van der Waals surface area (Å²) in [4.78, 5) is 41.3. The van der Waals surface area contributed by atoms with Gasteiger partial charge in [0.15, 0.2) is 12.2 Å². The zero-order chi connectivity index (χ0) is 28.7. The van der Waals surface area contributed by atoms with E-state index in [4.69, 9.17) is 25.2 Å². The number of aliphatic hydroxyl groups is 2. The van der Waals surface area contributed by atoms with E-state index in [1.807, 2.05) is 0 Å². The summed E-state index contributed by atoms with van der Waals surface area (Å²) in [5, 5.41) is 36.0. The van der Waals surface area contributed by atoms with Crippen molar-refractivity contribution < 1.29 is 48.4 Å². The van der Waals surface area contributed by atoms with Gasteiger partial charge < -0.3 is 30.5 Å². The van der Waals surface area contributed by atoms with Gasteiger partial charge in [0.1, 0.15) is 17.9 Å². The van der Waals surface area contributed by atoms with Gasteiger partial charge >= 0.3 is 23.9 Å². The number of hydrogen-bond donors (Lipinski definition) is 5. The maximum absolute atomic E-state index is 15.1. The normalized spacial score (nSPS) is 23.8. The Kier molecular flexibility index (Phi) is 10.0. The van der Waals surface area contributed by atoms with E-state index in [0.29, 0.717) is 21.7 Å². The summed E-state index contributed by atoms with van der Waals surface area (Å²) in [5.41, 5.74) is 1.49. The maximum atomic E-state index is 15.1. The molecule has 0 radical (unpaired) electrons. The van der Waals surface area contributed by atoms with Crippen molar-refractivity contribution >= 4 is 17.8 Å². The van der Waals surface area contributed by atoms with Gasteiger partial charge in [-0.1, -0.05) is 6.07 Å². The van der Waals surface area contributed by atoms with Gasteiger partial charge in [0.2, 0.25) is 0 Å². The van der Waals surface area contributed by atoms with E-state index < -0.39 is 30.0 Å². The van der Waals surface area contributed by atoms with Gasteiger partial charge in [-0.2, -0.15) is 0 Å². The maximum Gasteiger partial charge on any atom is 0.349 e. The van der Waals surface area contributed by atoms with Gasteiger partial charge in [-0.25, -0.2) is 28.7 Å². The third-order valence-corrected chi connectivity index (χ3v) is 7.28. The number of carboxylic acid groups (broad SMARTS) is 2. The predicted octanol–water partition coefficient (Wildman–Crippen LogP) is 1.06. The van der Waals surface area contributed by atoms with Crippen LogP contribution in [0.15, 0.2) is 30.6 Å². The highest BCUT2D eigenvalue weighted by atomic mass is 19.1. The first kappa shape index (κ1) is 30.0. The van der Waals surface area contributed by atoms with Gasteiger partial charge in [0.25, 0.3) is 0 Å². The van der Waals surface area contributed by atoms with Crippen LogP contribution in [0.3, 0.4) is 0 Å². The summed E-state index contributed by atoms with van der Waals surface area (Å²) in [6, 6.07) is 5.59. The van der Waals surface area contributed by atoms with E-state index in [1.165, 1.54) is 13.2 Å². The highest BCUT2D eigenvalue weighted by Gasteiger charge is 2.48. The monoisotopic (exact) mass is 549 g/mol. The highest BCUT2D eigenvalue weighted by Crippen LogP contribution is 2.33. The van der Waals surface area contributed by atoms with Crippen molar-refractivity contribution in [2.24, 2.45) is 0 Å². The standard InChI is InChI=1S/C22H28FN4O2.C4H6O6/c1-15-5-4-10-27(15,14-18-6-3-9-24-18)21(28)19-8-7-16(11-20(19)23)17-12-25-22(29-2)26-13-17;5-1(3(7)8)2(6)4(9)10/h7-8,11-13,15,18,24H,3-6,9-10,14H2,1-2H3;1-2,5-6H,(H,7,8)(H,9,10)/q+1;/t15-,18+,27?;/m1./s1. The molecular formula is C26H34FN4O8+. The third kappa shape index (κ3) is 6.92. The topological polar surface area (TPSA) is 179 Å². The van der Waals surface area contributed by atoms with Gasteiger partial charge in [-0.05, 0) is 44.0 Å². The van der Waals surface area contributed by atoms with Gasteiger partial charge in [-0.15, -0.1) is 0 Å². The molecule has 1 amide bonds. The van der Waals surface area contributed by atoms with E-state index in [0.717, 1.165) is 45.3 Å². The fourth-order valence-corrected chi connectivity index (χ4v) is 5.05. The van der Waals surface area contributed by atoms with Gasteiger partial charge in [0, 0.05) is 30.8 Å². The van der Waals surface area contributed by atoms with Crippen molar-refractivity contribution in [1.82, 2.24) is 15.3 Å². The molecule has 0 aliphatic carbocycles. The summed E-state index contributed by atoms with van der Waals surface area (Å²) in [5.74, 6) is -4.12. The molecule has 0 spiro atoms. The fourth-order valence-electron chi connectivity index (χ4n) is 5.05. The molecule has 39 heavy (non-hydrogen) atoms. The van der Waals surface area contributed by atoms with Gasteiger partial charge in [0.05, 0.1) is 25.7 Å². The number of nitrogens with one attached hydrogen (secondary N) is 1. The first-order chi connectivity index (χ1) is 18.5. The van der Waals surface area contributed by atoms with E-state index in [2.05, 4.69) is 22.2 Å². The number of benzene rings is 1. The second-order valence-electron chi connectivity index (χ2n) is 9.75. The average Bonchev–Trinajstić information content (AvgIpc) is 3.57. The number of hydrogen-bond acceptors (Lipinski definition) is 9. The van der Waals surface area contributed by atoms with Crippen LogP contribution in [0.25, 0.3) is 11.1 Å². The molecule has 5 atom stereocenters. The van der Waals surface area contributed by atoms with Crippen LogP contribution in [-0.2, 0) is 9.59 Å². The Balaban J connectivity index is 0.000000360. The number of aliphatic carboxylic acids is 2. The summed E-state index contributed by atoms with van der Waals surface area (Å²) in [6.45, 7) is 4.65. The SMILES string of the molecule is COc1ncc(-c2ccc(C(=O)[N+]3(C[C@@H]4CCCN4)CCC[C@H]3C)c(F)c2)cn1.O=C(O)C(O)C(O)C(=O)O. The number of amides is 1. The number of methoxy groups -OCH3 is 1. The van der Waals surface area contributed by atoms with Crippen LogP contribution in [0, 0.1) is 5.82 Å². The molecule has 0 saturated carbocycles. The zero-order valence-electron chi connectivity index (χ0n) is 21.8. The number of halogens is 1. The van der Waals surface area contributed by atoms with E-state index >= 15 is 4.39 Å². The Morgan fingerprint density at radius 1 is 1.08 bits per heavy atom. The van der Waals surface area contributed by atoms with Crippen molar-refractivity contribution in [3.05, 3.63) is 42.0 Å². The number of likely N-dealkylation sites (tertiary alicyclic amines) is 1. The molecule has 1 aromatic heterocycles. The van der Waals surface area contributed by atoms with Crippen LogP contribution in [0.5, 0.6) is 6.01 Å². The van der Waals surface area contributed by atoms with E-state index in [1.54, 1.807) is 24.5 Å². The largest absolute Gasteiger partial charge is 0.479 e. The number of carbonyl (C=O) groups is 3. The minimum Gasteiger partial charge on any atom is -0.479 e. The van der Waals surface area contributed by atoms with E-state index in [9.17, 15) is 14.4 Å². The Morgan fingerprint density at radius 2 is 1.72 bits per heavy atom. The van der Waals surface area contributed by atoms with E-state index in [-0.39, 0.29) is 23.5 Å². The molecule has 212 valence electrons. The molecule has 5 N–H and O–H groups in total. The molecule has 2 fully saturated rings. The van der Waals surface area contributed by atoms with Crippen LogP contribution in [0.1, 0.15) is 43.0 Å². The molecule has 12 nitrogen and oxygen atoms in total. The van der Waals surface area contributed by atoms with Crippen LogP contribution in [0.2, 0.25) is 0 Å². The lowest BCUT2D eigenvalue weighted by Gasteiger charge is -2.38. The minimum absolute atomic E-state index is 0.0984. The molecule has 0 bridgehead atoms. The first-order valence-electron chi connectivity index (χ1n) is 12.6. The lowest BCUT2D eigenvalue weighted by atomic mass is 10.0. The second kappa shape index (κ2) is 13.0. The number of aliphatic hydroxyl groups excluding tert-OH is 2. The molecule has 2 saturated heterocycles. The summed E-state index contributed by atoms with van der Waals surface area (Å²) in [7, 11) is 1.49. The Morgan fingerprint density at radius 3 is 2.18 bits per heavy atom. The molecule has 3 unspecified atom stereocenters. The van der Waals surface area contributed by atoms with Crippen molar-refractivity contribution in [2.45, 2.75) is 56.9 Å². The lowest BCUT2D eigenvalue weighted by Crippen LogP contribution is -2.59. The number of carbonyl (C=O) groups excluding carboxylic acids is 1. The molecule has 1 aromatic carbocycles. The Labute approximate surface area is 224 Å². The first-order valence-corrected chi connectivity index (χ1v) is 12.6. The molecule has 2 aliphatic rings. The Bertz CT molecular complexity index is 1160. The number of nitrogens with zero attached hydrogens (tertiary/aromatic N) is 3. The summed E-state index contributed by atoms with van der Waals surface area (Å²) in [6.07, 6.45) is 2.87. The number of aromatic nitrogens is 2. The molecule has 4 rings (SSSR count). The lowest BCUT2D eigenvalue weighted by molar-refractivity contribution is -0.860. The van der Waals surface area contributed by atoms with Crippen LogP contribution < -0.4 is 10.1 Å². The summed E-state index contributed by atoms with van der Waals surface area (Å²) >= 11 is 0. The van der Waals surface area contributed by atoms with Crippen molar-refractivity contribution in [3.8, 4) is 17.1 Å². The molecule has 2 aliphatic heterocycles. The number of quaternary nitrogens is 1. The molecular weight excluding hydrogens is 515 g/mol.